The lowest BCUT2D eigenvalue weighted by atomic mass is 10.4. The van der Waals surface area contributed by atoms with Crippen molar-refractivity contribution >= 4 is 23.7 Å². The van der Waals surface area contributed by atoms with Crippen molar-refractivity contribution in [2.75, 3.05) is 5.32 Å². The summed E-state index contributed by atoms with van der Waals surface area (Å²) in [6, 6.07) is 3.27. The standard InChI is InChI=1S/C6H5ClN2O/c7-6-2-1-5(3-8-6)9-4-10/h1-4H,(H,9,10). The second-order valence-corrected chi connectivity index (χ2v) is 2.02. The fraction of sp³-hybridized carbons (Fsp3) is 0. The van der Waals surface area contributed by atoms with Crippen molar-refractivity contribution in [1.29, 1.82) is 0 Å². The molecule has 1 aromatic heterocycles. The van der Waals surface area contributed by atoms with Gasteiger partial charge in [-0.25, -0.2) is 4.98 Å². The molecule has 4 heteroatoms. The smallest absolute Gasteiger partial charge is 0.211 e. The first-order valence-corrected chi connectivity index (χ1v) is 3.02. The minimum Gasteiger partial charge on any atom is -0.327 e. The fourth-order valence-corrected chi connectivity index (χ4v) is 0.641. The molecule has 52 valence electrons. The van der Waals surface area contributed by atoms with Crippen LogP contribution in [-0.2, 0) is 4.79 Å². The molecule has 1 rings (SSSR count). The zero-order valence-corrected chi connectivity index (χ0v) is 5.80. The van der Waals surface area contributed by atoms with Gasteiger partial charge in [-0.15, -0.1) is 0 Å². The van der Waals surface area contributed by atoms with Gasteiger partial charge in [0.15, 0.2) is 0 Å². The lowest BCUT2D eigenvalue weighted by Gasteiger charge is -1.94. The summed E-state index contributed by atoms with van der Waals surface area (Å²) in [6.45, 7) is 0. The molecule has 10 heavy (non-hydrogen) atoms. The zero-order chi connectivity index (χ0) is 7.40. The van der Waals surface area contributed by atoms with Crippen molar-refractivity contribution in [3.63, 3.8) is 0 Å². The van der Waals surface area contributed by atoms with Crippen molar-refractivity contribution in [1.82, 2.24) is 4.98 Å². The van der Waals surface area contributed by atoms with E-state index in [2.05, 4.69) is 10.3 Å². The Morgan fingerprint density at radius 1 is 1.60 bits per heavy atom. The van der Waals surface area contributed by atoms with Gasteiger partial charge in [-0.05, 0) is 12.1 Å². The molecular formula is C6H5ClN2O. The second kappa shape index (κ2) is 3.17. The lowest BCUT2D eigenvalue weighted by molar-refractivity contribution is -0.105. The summed E-state index contributed by atoms with van der Waals surface area (Å²) in [7, 11) is 0. The topological polar surface area (TPSA) is 42.0 Å². The Hall–Kier alpha value is -1.09. The molecule has 3 nitrogen and oxygen atoms in total. The molecule has 0 aliphatic rings. The molecule has 0 spiro atoms. The van der Waals surface area contributed by atoms with Crippen molar-refractivity contribution in [2.45, 2.75) is 0 Å². The van der Waals surface area contributed by atoms with E-state index >= 15 is 0 Å². The van der Waals surface area contributed by atoms with Crippen molar-refractivity contribution < 1.29 is 4.79 Å². The highest BCUT2D eigenvalue weighted by molar-refractivity contribution is 6.29. The molecular weight excluding hydrogens is 152 g/mol. The zero-order valence-electron chi connectivity index (χ0n) is 5.04. The maximum atomic E-state index is 9.89. The SMILES string of the molecule is O=CNc1ccc(Cl)nc1. The Morgan fingerprint density at radius 2 is 2.40 bits per heavy atom. The first-order valence-electron chi connectivity index (χ1n) is 2.64. The molecule has 0 bridgehead atoms. The molecule has 1 amide bonds. The minimum absolute atomic E-state index is 0.413. The van der Waals surface area contributed by atoms with Crippen LogP contribution in [0.4, 0.5) is 5.69 Å². The van der Waals surface area contributed by atoms with Crippen LogP contribution >= 0.6 is 11.6 Å². The van der Waals surface area contributed by atoms with Gasteiger partial charge in [-0.2, -0.15) is 0 Å². The largest absolute Gasteiger partial charge is 0.327 e. The number of carbonyl (C=O) groups excluding carboxylic acids is 1. The van der Waals surface area contributed by atoms with Gasteiger partial charge in [0.1, 0.15) is 5.15 Å². The van der Waals surface area contributed by atoms with E-state index in [1.54, 1.807) is 12.1 Å². The number of pyridine rings is 1. The van der Waals surface area contributed by atoms with Crippen LogP contribution in [0.5, 0.6) is 0 Å². The molecule has 0 aliphatic carbocycles. The molecule has 0 atom stereocenters. The summed E-state index contributed by atoms with van der Waals surface area (Å²) in [5.74, 6) is 0. The van der Waals surface area contributed by atoms with Crippen molar-refractivity contribution in [3.05, 3.63) is 23.5 Å². The molecule has 0 aromatic carbocycles. The monoisotopic (exact) mass is 156 g/mol. The number of halogens is 1. The quantitative estimate of drug-likeness (QED) is 0.518. The van der Waals surface area contributed by atoms with E-state index in [0.29, 0.717) is 17.3 Å². The number of carbonyl (C=O) groups is 1. The fourth-order valence-electron chi connectivity index (χ4n) is 0.529. The van der Waals surface area contributed by atoms with Crippen LogP contribution in [0.1, 0.15) is 0 Å². The lowest BCUT2D eigenvalue weighted by Crippen LogP contribution is -1.93. The van der Waals surface area contributed by atoms with E-state index in [-0.39, 0.29) is 0 Å². The van der Waals surface area contributed by atoms with Gasteiger partial charge in [0.05, 0.1) is 11.9 Å². The Balaban J connectivity index is 2.78. The Labute approximate surface area is 63.0 Å². The number of aromatic nitrogens is 1. The van der Waals surface area contributed by atoms with Gasteiger partial charge >= 0.3 is 0 Å². The van der Waals surface area contributed by atoms with Crippen LogP contribution in [-0.4, -0.2) is 11.4 Å². The highest BCUT2D eigenvalue weighted by Crippen LogP contribution is 2.07. The maximum absolute atomic E-state index is 9.89. The molecule has 1 heterocycles. The van der Waals surface area contributed by atoms with Crippen molar-refractivity contribution in [3.8, 4) is 0 Å². The number of hydrogen-bond acceptors (Lipinski definition) is 2. The normalized spacial score (nSPS) is 8.90. The number of nitrogens with one attached hydrogen (secondary N) is 1. The van der Waals surface area contributed by atoms with Gasteiger partial charge in [0.25, 0.3) is 0 Å². The molecule has 1 aromatic rings. The summed E-state index contributed by atoms with van der Waals surface area (Å²) in [5.41, 5.74) is 0.638. The van der Waals surface area contributed by atoms with Crippen LogP contribution in [0, 0.1) is 0 Å². The number of anilines is 1. The number of amides is 1. The average Bonchev–Trinajstić information content (AvgIpc) is 1.95. The van der Waals surface area contributed by atoms with Gasteiger partial charge in [0.2, 0.25) is 6.41 Å². The molecule has 1 N–H and O–H groups in total. The Bertz CT molecular complexity index is 222. The third-order valence-corrected chi connectivity index (χ3v) is 1.18. The summed E-state index contributed by atoms with van der Waals surface area (Å²) in [4.78, 5) is 13.6. The first kappa shape index (κ1) is 7.02. The predicted octanol–water partition coefficient (Wildman–Crippen LogP) is 1.30. The second-order valence-electron chi connectivity index (χ2n) is 1.63. The van der Waals surface area contributed by atoms with Crippen molar-refractivity contribution in [2.24, 2.45) is 0 Å². The maximum Gasteiger partial charge on any atom is 0.211 e. The van der Waals surface area contributed by atoms with E-state index in [4.69, 9.17) is 11.6 Å². The van der Waals surface area contributed by atoms with E-state index in [1.165, 1.54) is 6.20 Å². The third kappa shape index (κ3) is 1.70. The van der Waals surface area contributed by atoms with Crippen LogP contribution in [0.2, 0.25) is 5.15 Å². The summed E-state index contributed by atoms with van der Waals surface area (Å²) in [6.07, 6.45) is 2.07. The van der Waals surface area contributed by atoms with Gasteiger partial charge in [-0.1, -0.05) is 11.6 Å². The van der Waals surface area contributed by atoms with Gasteiger partial charge < -0.3 is 5.32 Å². The predicted molar refractivity (Wildman–Crippen MR) is 38.9 cm³/mol. The highest BCUT2D eigenvalue weighted by Gasteiger charge is 1.89. The third-order valence-electron chi connectivity index (χ3n) is 0.953. The molecule has 0 saturated heterocycles. The summed E-state index contributed by atoms with van der Waals surface area (Å²) in [5, 5.41) is 2.85. The Morgan fingerprint density at radius 3 is 2.90 bits per heavy atom. The highest BCUT2D eigenvalue weighted by atomic mass is 35.5. The van der Waals surface area contributed by atoms with E-state index < -0.39 is 0 Å². The minimum atomic E-state index is 0.413. The Kier molecular flexibility index (Phi) is 2.23. The first-order chi connectivity index (χ1) is 4.83. The van der Waals surface area contributed by atoms with Gasteiger partial charge in [0, 0.05) is 0 Å². The molecule has 0 unspecified atom stereocenters. The number of rotatable bonds is 2. The van der Waals surface area contributed by atoms with Crippen LogP contribution in [0.3, 0.4) is 0 Å². The molecule has 0 aliphatic heterocycles. The molecule has 0 saturated carbocycles. The average molecular weight is 157 g/mol. The van der Waals surface area contributed by atoms with Crippen LogP contribution in [0.25, 0.3) is 0 Å². The summed E-state index contributed by atoms with van der Waals surface area (Å²) < 4.78 is 0. The molecule has 0 fully saturated rings. The van der Waals surface area contributed by atoms with E-state index in [0.717, 1.165) is 0 Å². The molecule has 0 radical (unpaired) electrons. The van der Waals surface area contributed by atoms with Gasteiger partial charge in [-0.3, -0.25) is 4.79 Å². The van der Waals surface area contributed by atoms with Crippen LogP contribution in [0.15, 0.2) is 18.3 Å². The summed E-state index contributed by atoms with van der Waals surface area (Å²) >= 11 is 5.48. The number of nitrogens with zero attached hydrogens (tertiary/aromatic N) is 1. The van der Waals surface area contributed by atoms with E-state index in [9.17, 15) is 4.79 Å². The van der Waals surface area contributed by atoms with Crippen LogP contribution < -0.4 is 5.32 Å². The van der Waals surface area contributed by atoms with E-state index in [1.807, 2.05) is 0 Å². The number of hydrogen-bond donors (Lipinski definition) is 1.